The Morgan fingerprint density at radius 1 is 1.13 bits per heavy atom. The van der Waals surface area contributed by atoms with Gasteiger partial charge in [-0.1, -0.05) is 30.3 Å². The maximum atomic E-state index is 13.0. The average molecular weight is 320 g/mol. The molecule has 0 amide bonds. The Balaban J connectivity index is 1.93. The van der Waals surface area contributed by atoms with Gasteiger partial charge < -0.3 is 0 Å². The number of hydrogen-bond donors (Lipinski definition) is 0. The highest BCUT2D eigenvalue weighted by Gasteiger charge is 2.07. The van der Waals surface area contributed by atoms with E-state index in [1.807, 2.05) is 30.5 Å². The summed E-state index contributed by atoms with van der Waals surface area (Å²) in [6, 6.07) is 16.1. The van der Waals surface area contributed by atoms with Crippen LogP contribution in [0.2, 0.25) is 0 Å². The van der Waals surface area contributed by atoms with Gasteiger partial charge in [0.2, 0.25) is 0 Å². The molecule has 0 aliphatic heterocycles. The van der Waals surface area contributed by atoms with Crippen LogP contribution < -0.4 is 0 Å². The molecule has 3 aromatic rings. The molecule has 1 aromatic heterocycles. The molecule has 0 N–H and O–H groups in total. The van der Waals surface area contributed by atoms with Crippen molar-refractivity contribution in [3.8, 4) is 6.07 Å². The van der Waals surface area contributed by atoms with Crippen LogP contribution in [0.3, 0.4) is 0 Å². The van der Waals surface area contributed by atoms with Crippen LogP contribution in [0.15, 0.2) is 66.3 Å². The molecule has 0 radical (unpaired) electrons. The van der Waals surface area contributed by atoms with E-state index >= 15 is 0 Å². The summed E-state index contributed by atoms with van der Waals surface area (Å²) in [6.07, 6.45) is 4.65. The minimum absolute atomic E-state index is 0.229. The van der Waals surface area contributed by atoms with Crippen LogP contribution in [-0.4, -0.2) is 4.98 Å². The summed E-state index contributed by atoms with van der Waals surface area (Å²) in [6.45, 7) is 0. The second-order valence-corrected chi connectivity index (χ2v) is 5.89. The first-order valence-electron chi connectivity index (χ1n) is 7.10. The van der Waals surface area contributed by atoms with E-state index in [1.54, 1.807) is 29.0 Å². The van der Waals surface area contributed by atoms with Crippen molar-refractivity contribution in [2.75, 3.05) is 0 Å². The van der Waals surface area contributed by atoms with E-state index < -0.39 is 0 Å². The summed E-state index contributed by atoms with van der Waals surface area (Å²) >= 11 is 1.57. The van der Waals surface area contributed by atoms with Gasteiger partial charge in [0.05, 0.1) is 22.0 Å². The predicted molar refractivity (Wildman–Crippen MR) is 90.5 cm³/mol. The minimum Gasteiger partial charge on any atom is -0.252 e. The largest absolute Gasteiger partial charge is 0.252 e. The van der Waals surface area contributed by atoms with Crippen molar-refractivity contribution >= 4 is 16.9 Å². The molecular formula is C19H13FN2S. The Morgan fingerprint density at radius 3 is 2.48 bits per heavy atom. The van der Waals surface area contributed by atoms with Gasteiger partial charge in [-0.25, -0.2) is 4.39 Å². The lowest BCUT2D eigenvalue weighted by Crippen LogP contribution is -1.89. The van der Waals surface area contributed by atoms with Crippen LogP contribution in [-0.2, 0) is 6.42 Å². The predicted octanol–water partition coefficient (Wildman–Crippen LogP) is 4.83. The molecule has 0 fully saturated rings. The Morgan fingerprint density at radius 2 is 1.87 bits per heavy atom. The first-order chi connectivity index (χ1) is 11.3. The molecule has 23 heavy (non-hydrogen) atoms. The first-order valence-corrected chi connectivity index (χ1v) is 7.98. The molecule has 3 rings (SSSR count). The van der Waals surface area contributed by atoms with Crippen LogP contribution in [0, 0.1) is 17.1 Å². The summed E-state index contributed by atoms with van der Waals surface area (Å²) in [7, 11) is 0. The quantitative estimate of drug-likeness (QED) is 0.690. The van der Waals surface area contributed by atoms with E-state index in [2.05, 4.69) is 17.1 Å². The zero-order valence-electron chi connectivity index (χ0n) is 12.2. The van der Waals surface area contributed by atoms with Crippen molar-refractivity contribution < 1.29 is 4.39 Å². The Hall–Kier alpha value is -2.77. The number of hydrogen-bond acceptors (Lipinski definition) is 3. The number of aromatic nitrogens is 1. The molecule has 0 aliphatic rings. The zero-order valence-corrected chi connectivity index (χ0v) is 13.1. The molecule has 0 spiro atoms. The number of nitrogens with zero attached hydrogens (tertiary/aromatic N) is 2. The zero-order chi connectivity index (χ0) is 16.1. The van der Waals surface area contributed by atoms with E-state index in [-0.39, 0.29) is 5.82 Å². The van der Waals surface area contributed by atoms with Crippen LogP contribution in [0.5, 0.6) is 0 Å². The number of benzene rings is 2. The summed E-state index contributed by atoms with van der Waals surface area (Å²) in [5.41, 5.74) is 5.58. The molecule has 0 saturated carbocycles. The highest BCUT2D eigenvalue weighted by molar-refractivity contribution is 7.10. The molecule has 0 saturated heterocycles. The summed E-state index contributed by atoms with van der Waals surface area (Å²) in [4.78, 5) is 5.21. The van der Waals surface area contributed by atoms with Gasteiger partial charge in [-0.15, -0.1) is 11.3 Å². The number of rotatable bonds is 4. The fraction of sp³-hybridized carbons (Fsp3) is 0.0526. The van der Waals surface area contributed by atoms with Gasteiger partial charge in [0, 0.05) is 6.20 Å². The van der Waals surface area contributed by atoms with Crippen molar-refractivity contribution in [3.63, 3.8) is 0 Å². The van der Waals surface area contributed by atoms with Crippen molar-refractivity contribution in [3.05, 3.63) is 93.7 Å². The van der Waals surface area contributed by atoms with Gasteiger partial charge >= 0.3 is 0 Å². The Labute approximate surface area is 138 Å². The van der Waals surface area contributed by atoms with Crippen LogP contribution >= 0.6 is 11.3 Å². The topological polar surface area (TPSA) is 36.7 Å². The normalized spacial score (nSPS) is 11.2. The molecule has 4 heteroatoms. The number of allylic oxidation sites excluding steroid dienone is 1. The third-order valence-corrected chi connectivity index (χ3v) is 4.28. The SMILES string of the molecule is N#Cc1ccc(/C(=C/Cc2ccc(F)cc2)c2cncs2)cc1. The van der Waals surface area contributed by atoms with E-state index in [9.17, 15) is 4.39 Å². The smallest absolute Gasteiger partial charge is 0.123 e. The lowest BCUT2D eigenvalue weighted by atomic mass is 10.0. The van der Waals surface area contributed by atoms with Gasteiger partial charge in [0.15, 0.2) is 0 Å². The van der Waals surface area contributed by atoms with Crippen molar-refractivity contribution in [1.82, 2.24) is 4.98 Å². The highest BCUT2D eigenvalue weighted by atomic mass is 32.1. The first kappa shape index (κ1) is 15.1. The molecule has 0 aliphatic carbocycles. The van der Waals surface area contributed by atoms with Gasteiger partial charge in [-0.05, 0) is 47.4 Å². The summed E-state index contributed by atoms with van der Waals surface area (Å²) in [5, 5.41) is 8.92. The molecule has 112 valence electrons. The van der Waals surface area contributed by atoms with Gasteiger partial charge in [0.25, 0.3) is 0 Å². The van der Waals surface area contributed by atoms with Gasteiger partial charge in [-0.3, -0.25) is 4.98 Å². The van der Waals surface area contributed by atoms with Crippen molar-refractivity contribution in [2.24, 2.45) is 0 Å². The van der Waals surface area contributed by atoms with Crippen LogP contribution in [0.4, 0.5) is 4.39 Å². The second kappa shape index (κ2) is 6.99. The summed E-state index contributed by atoms with van der Waals surface area (Å²) < 4.78 is 13.0. The van der Waals surface area contributed by atoms with Crippen LogP contribution in [0.1, 0.15) is 21.6 Å². The minimum atomic E-state index is -0.229. The molecule has 1 heterocycles. The lowest BCUT2D eigenvalue weighted by Gasteiger charge is -2.06. The Kier molecular flexibility index (Phi) is 4.60. The van der Waals surface area contributed by atoms with Crippen LogP contribution in [0.25, 0.3) is 5.57 Å². The molecule has 2 nitrogen and oxygen atoms in total. The molecular weight excluding hydrogens is 307 g/mol. The number of halogens is 1. The van der Waals surface area contributed by atoms with E-state index in [1.165, 1.54) is 12.1 Å². The number of thiazole rings is 1. The second-order valence-electron chi connectivity index (χ2n) is 5.00. The molecule has 0 bridgehead atoms. The lowest BCUT2D eigenvalue weighted by molar-refractivity contribution is 0.627. The standard InChI is InChI=1S/C19H13FN2S/c20-17-8-3-14(4-9-17)5-10-18(19-12-22-13-23-19)16-6-1-15(11-21)2-7-16/h1-4,6-10,12-13H,5H2/b18-10-. The van der Waals surface area contributed by atoms with Crippen molar-refractivity contribution in [1.29, 1.82) is 5.26 Å². The average Bonchev–Trinajstić information content (AvgIpc) is 3.12. The third-order valence-electron chi connectivity index (χ3n) is 3.48. The fourth-order valence-electron chi connectivity index (χ4n) is 2.27. The summed E-state index contributed by atoms with van der Waals surface area (Å²) in [5.74, 6) is -0.229. The van der Waals surface area contributed by atoms with Gasteiger partial charge in [-0.2, -0.15) is 5.26 Å². The molecule has 2 aromatic carbocycles. The van der Waals surface area contributed by atoms with E-state index in [4.69, 9.17) is 5.26 Å². The monoisotopic (exact) mass is 320 g/mol. The Bertz CT molecular complexity index is 842. The van der Waals surface area contributed by atoms with E-state index in [0.717, 1.165) is 21.6 Å². The maximum Gasteiger partial charge on any atom is 0.123 e. The third kappa shape index (κ3) is 3.71. The molecule has 0 unspecified atom stereocenters. The fourth-order valence-corrected chi connectivity index (χ4v) is 2.96. The van der Waals surface area contributed by atoms with E-state index in [0.29, 0.717) is 12.0 Å². The molecule has 0 atom stereocenters. The number of nitriles is 1. The van der Waals surface area contributed by atoms with Crippen molar-refractivity contribution in [2.45, 2.75) is 6.42 Å². The van der Waals surface area contributed by atoms with Gasteiger partial charge in [0.1, 0.15) is 5.82 Å². The maximum absolute atomic E-state index is 13.0. The highest BCUT2D eigenvalue weighted by Crippen LogP contribution is 2.27.